The summed E-state index contributed by atoms with van der Waals surface area (Å²) in [6, 6.07) is 6.28. The number of aromatic nitrogens is 2. The van der Waals surface area contributed by atoms with Crippen LogP contribution in [-0.4, -0.2) is 107 Å². The molecule has 5 aliphatic rings. The number of aromatic amines is 1. The van der Waals surface area contributed by atoms with Crippen LogP contribution in [0, 0.1) is 11.8 Å². The first-order valence-corrected chi connectivity index (χ1v) is 19.2. The van der Waals surface area contributed by atoms with E-state index in [9.17, 15) is 28.8 Å². The van der Waals surface area contributed by atoms with Gasteiger partial charge in [0, 0.05) is 61.9 Å². The lowest BCUT2D eigenvalue weighted by molar-refractivity contribution is -0.136. The average molecular weight is 731 g/mol. The van der Waals surface area contributed by atoms with Gasteiger partial charge in [-0.2, -0.15) is 5.10 Å². The first-order chi connectivity index (χ1) is 25.5. The standard InChI is InChI=1S/C38H50N8O7/c1-22(2)39-38(52)53-27-5-3-25(18-27)30-20-32(43-42-30)40-34(48)17-23-9-13-44(14-10-23)21-24-11-15-45(16-12-24)26-4-6-28-29(19-26)37(51)46(36(28)50)31-7-8-33(47)41-35(31)49/h4,6,19-20,22-25,27,31H,3,5,7-18,21H2,1-2H3,(H,39,52)(H,41,47,49)(H2,40,42,43,48)/t25-,27+,31?/m0/s1. The van der Waals surface area contributed by atoms with E-state index in [-0.39, 0.29) is 42.9 Å². The van der Waals surface area contributed by atoms with E-state index < -0.39 is 29.7 Å². The van der Waals surface area contributed by atoms with Gasteiger partial charge in [0.1, 0.15) is 12.1 Å². The highest BCUT2D eigenvalue weighted by molar-refractivity contribution is 6.23. The van der Waals surface area contributed by atoms with Gasteiger partial charge in [0.2, 0.25) is 17.7 Å². The molecule has 4 fully saturated rings. The fraction of sp³-hybridized carbons (Fsp3) is 0.605. The summed E-state index contributed by atoms with van der Waals surface area (Å²) in [4.78, 5) is 81.0. The molecule has 7 rings (SSSR count). The van der Waals surface area contributed by atoms with Crippen molar-refractivity contribution in [3.8, 4) is 0 Å². The number of nitrogens with one attached hydrogen (secondary N) is 4. The summed E-state index contributed by atoms with van der Waals surface area (Å²) in [7, 11) is 0. The van der Waals surface area contributed by atoms with Crippen LogP contribution in [0.3, 0.4) is 0 Å². The molecule has 53 heavy (non-hydrogen) atoms. The number of alkyl carbamates (subject to hydrolysis) is 1. The molecule has 1 aromatic carbocycles. The zero-order valence-corrected chi connectivity index (χ0v) is 30.5. The summed E-state index contributed by atoms with van der Waals surface area (Å²) in [5, 5.41) is 15.4. The molecule has 0 spiro atoms. The first kappa shape index (κ1) is 36.6. The Morgan fingerprint density at radius 3 is 2.38 bits per heavy atom. The van der Waals surface area contributed by atoms with E-state index in [1.807, 2.05) is 26.0 Å². The third-order valence-electron chi connectivity index (χ3n) is 11.5. The second kappa shape index (κ2) is 15.7. The van der Waals surface area contributed by atoms with Crippen LogP contribution in [0.4, 0.5) is 16.3 Å². The quantitative estimate of drug-likeness (QED) is 0.264. The number of carbonyl (C=O) groups excluding carboxylic acids is 6. The van der Waals surface area contributed by atoms with Gasteiger partial charge < -0.3 is 25.2 Å². The van der Waals surface area contributed by atoms with Crippen molar-refractivity contribution in [2.45, 2.75) is 102 Å². The highest BCUT2D eigenvalue weighted by Gasteiger charge is 2.45. The summed E-state index contributed by atoms with van der Waals surface area (Å²) in [5.41, 5.74) is 2.45. The Morgan fingerprint density at radius 1 is 0.906 bits per heavy atom. The van der Waals surface area contributed by atoms with Crippen molar-refractivity contribution in [3.05, 3.63) is 41.1 Å². The minimum atomic E-state index is -0.970. The minimum absolute atomic E-state index is 0.0202. The Labute approximate surface area is 308 Å². The number of imide groups is 2. The molecule has 3 saturated heterocycles. The van der Waals surface area contributed by atoms with Crippen LogP contribution in [0.2, 0.25) is 0 Å². The molecule has 5 heterocycles. The molecule has 4 aliphatic heterocycles. The molecule has 0 bridgehead atoms. The number of nitrogens with zero attached hydrogens (tertiary/aromatic N) is 4. The van der Waals surface area contributed by atoms with E-state index in [2.05, 4.69) is 35.9 Å². The van der Waals surface area contributed by atoms with Crippen molar-refractivity contribution in [2.75, 3.05) is 42.9 Å². The zero-order valence-electron chi connectivity index (χ0n) is 30.5. The fourth-order valence-corrected chi connectivity index (χ4v) is 8.58. The van der Waals surface area contributed by atoms with Crippen molar-refractivity contribution in [1.82, 2.24) is 30.6 Å². The van der Waals surface area contributed by atoms with E-state index in [1.165, 1.54) is 0 Å². The van der Waals surface area contributed by atoms with Crippen molar-refractivity contribution >= 4 is 47.1 Å². The summed E-state index contributed by atoms with van der Waals surface area (Å²) in [6.07, 6.45) is 6.60. The zero-order chi connectivity index (χ0) is 37.2. The second-order valence-electron chi connectivity index (χ2n) is 15.6. The first-order valence-electron chi connectivity index (χ1n) is 19.2. The topological polar surface area (TPSA) is 186 Å². The van der Waals surface area contributed by atoms with Gasteiger partial charge in [-0.3, -0.25) is 39.3 Å². The largest absolute Gasteiger partial charge is 0.446 e. The van der Waals surface area contributed by atoms with Crippen LogP contribution in [0.1, 0.15) is 110 Å². The molecular formula is C38H50N8O7. The van der Waals surface area contributed by atoms with Gasteiger partial charge in [0.25, 0.3) is 11.8 Å². The molecule has 15 nitrogen and oxygen atoms in total. The van der Waals surface area contributed by atoms with Crippen molar-refractivity contribution in [3.63, 3.8) is 0 Å². The Morgan fingerprint density at radius 2 is 1.64 bits per heavy atom. The van der Waals surface area contributed by atoms with E-state index in [1.54, 1.807) is 12.1 Å². The number of ether oxygens (including phenoxy) is 1. The lowest BCUT2D eigenvalue weighted by Gasteiger charge is -2.38. The molecule has 15 heteroatoms. The summed E-state index contributed by atoms with van der Waals surface area (Å²) < 4.78 is 5.55. The molecule has 3 atom stereocenters. The molecule has 4 N–H and O–H groups in total. The van der Waals surface area contributed by atoms with Crippen molar-refractivity contribution in [2.24, 2.45) is 11.8 Å². The number of hydrogen-bond donors (Lipinski definition) is 4. The smallest absolute Gasteiger partial charge is 0.407 e. The van der Waals surface area contributed by atoms with E-state index in [0.29, 0.717) is 35.2 Å². The Hall–Kier alpha value is -4.79. The van der Waals surface area contributed by atoms with Gasteiger partial charge in [-0.1, -0.05) is 0 Å². The summed E-state index contributed by atoms with van der Waals surface area (Å²) in [5.74, 6) is -0.369. The third kappa shape index (κ3) is 8.40. The maximum atomic E-state index is 13.3. The van der Waals surface area contributed by atoms with Gasteiger partial charge in [0.15, 0.2) is 5.82 Å². The number of likely N-dealkylation sites (tertiary alicyclic amines) is 1. The number of rotatable bonds is 10. The highest BCUT2D eigenvalue weighted by atomic mass is 16.6. The molecule has 0 radical (unpaired) electrons. The highest BCUT2D eigenvalue weighted by Crippen LogP contribution is 2.36. The molecule has 1 unspecified atom stereocenters. The fourth-order valence-electron chi connectivity index (χ4n) is 8.58. The third-order valence-corrected chi connectivity index (χ3v) is 11.5. The SMILES string of the molecule is CC(C)NC(=O)O[C@@H]1CC[C@H](c2cc(NC(=O)CC3CCN(CC4CCN(c5ccc6c(c5)C(=O)N(C5CCC(=O)NC5=O)C6=O)CC4)CC3)n[nH]2)C1. The Balaban J connectivity index is 0.813. The minimum Gasteiger partial charge on any atom is -0.446 e. The molecule has 2 aromatic rings. The lowest BCUT2D eigenvalue weighted by atomic mass is 9.90. The summed E-state index contributed by atoms with van der Waals surface area (Å²) in [6.45, 7) is 8.45. The van der Waals surface area contributed by atoms with Crippen LogP contribution in [-0.2, 0) is 19.1 Å². The van der Waals surface area contributed by atoms with Crippen LogP contribution < -0.4 is 20.9 Å². The number of hydrogen-bond acceptors (Lipinski definition) is 10. The number of fused-ring (bicyclic) bond motifs is 1. The predicted molar refractivity (Wildman–Crippen MR) is 194 cm³/mol. The molecule has 284 valence electrons. The van der Waals surface area contributed by atoms with Gasteiger partial charge >= 0.3 is 6.09 Å². The molecule has 6 amide bonds. The molecule has 1 aliphatic carbocycles. The molecule has 1 saturated carbocycles. The predicted octanol–water partition coefficient (Wildman–Crippen LogP) is 3.54. The average Bonchev–Trinajstić information content (AvgIpc) is 3.84. The molecular weight excluding hydrogens is 680 g/mol. The Bertz CT molecular complexity index is 1740. The van der Waals surface area contributed by atoms with Crippen LogP contribution >= 0.6 is 0 Å². The summed E-state index contributed by atoms with van der Waals surface area (Å²) >= 11 is 0. The van der Waals surface area contributed by atoms with Gasteiger partial charge in [-0.15, -0.1) is 0 Å². The number of H-pyrrole nitrogens is 1. The van der Waals surface area contributed by atoms with Gasteiger partial charge in [0.05, 0.1) is 11.1 Å². The maximum absolute atomic E-state index is 13.3. The maximum Gasteiger partial charge on any atom is 0.407 e. The molecule has 1 aromatic heterocycles. The normalized spacial score (nSPS) is 24.5. The van der Waals surface area contributed by atoms with Crippen LogP contribution in [0.5, 0.6) is 0 Å². The van der Waals surface area contributed by atoms with Crippen molar-refractivity contribution in [1.29, 1.82) is 0 Å². The van der Waals surface area contributed by atoms with Crippen molar-refractivity contribution < 1.29 is 33.5 Å². The lowest BCUT2D eigenvalue weighted by Crippen LogP contribution is -2.54. The van der Waals surface area contributed by atoms with E-state index >= 15 is 0 Å². The number of benzene rings is 1. The van der Waals surface area contributed by atoms with Gasteiger partial charge in [-0.05, 0) is 108 Å². The van der Waals surface area contributed by atoms with Crippen LogP contribution in [0.25, 0.3) is 0 Å². The number of carbonyl (C=O) groups is 6. The second-order valence-corrected chi connectivity index (χ2v) is 15.6. The number of anilines is 2. The monoisotopic (exact) mass is 730 g/mol. The van der Waals surface area contributed by atoms with Crippen LogP contribution in [0.15, 0.2) is 24.3 Å². The van der Waals surface area contributed by atoms with Gasteiger partial charge in [-0.25, -0.2) is 4.79 Å². The van der Waals surface area contributed by atoms with E-state index in [4.69, 9.17) is 4.74 Å². The van der Waals surface area contributed by atoms with E-state index in [0.717, 1.165) is 94.0 Å². The number of piperidine rings is 3. The number of amides is 6. The Kier molecular flexibility index (Phi) is 10.8.